The zero-order valence-corrected chi connectivity index (χ0v) is 21.3. The van der Waals surface area contributed by atoms with Crippen LogP contribution in [-0.2, 0) is 25.2 Å². The van der Waals surface area contributed by atoms with Gasteiger partial charge in [0, 0.05) is 5.69 Å². The molecule has 0 aromatic heterocycles. The summed E-state index contributed by atoms with van der Waals surface area (Å²) < 4.78 is 28.4. The summed E-state index contributed by atoms with van der Waals surface area (Å²) in [6.07, 6.45) is 1.16. The van der Waals surface area contributed by atoms with E-state index in [4.69, 9.17) is 11.7 Å². The Kier molecular flexibility index (Phi) is 7.95. The van der Waals surface area contributed by atoms with Gasteiger partial charge in [-0.15, -0.1) is 4.41 Å². The summed E-state index contributed by atoms with van der Waals surface area (Å²) in [6, 6.07) is 16.9. The molecule has 0 bridgehead atoms. The highest BCUT2D eigenvalue weighted by molar-refractivity contribution is 7.89. The first-order valence-corrected chi connectivity index (χ1v) is 12.5. The van der Waals surface area contributed by atoms with Crippen molar-refractivity contribution in [1.82, 2.24) is 4.41 Å². The van der Waals surface area contributed by atoms with Crippen molar-refractivity contribution >= 4 is 39.5 Å². The Balaban J connectivity index is 2.44. The van der Waals surface area contributed by atoms with Gasteiger partial charge in [-0.3, -0.25) is 5.84 Å². The maximum absolute atomic E-state index is 14.1. The van der Waals surface area contributed by atoms with Crippen molar-refractivity contribution in [1.29, 1.82) is 0 Å². The molecule has 3 aromatic carbocycles. The number of anilines is 1. The van der Waals surface area contributed by atoms with E-state index in [2.05, 4.69) is 10.4 Å². The molecular formula is C26H27N5O5S. The Bertz CT molecular complexity index is 1490. The number of rotatable bonds is 9. The topological polar surface area (TPSA) is 168 Å². The number of hydrazone groups is 1. The van der Waals surface area contributed by atoms with Crippen LogP contribution in [-0.4, -0.2) is 36.2 Å². The van der Waals surface area contributed by atoms with Gasteiger partial charge in [-0.1, -0.05) is 60.2 Å². The highest BCUT2D eigenvalue weighted by Crippen LogP contribution is 2.43. The number of carbonyl (C=O) groups excluding carboxylic acids is 1. The third-order valence-corrected chi connectivity index (χ3v) is 7.83. The molecule has 0 fully saturated rings. The van der Waals surface area contributed by atoms with E-state index in [0.29, 0.717) is 16.8 Å². The highest BCUT2D eigenvalue weighted by atomic mass is 32.2. The Hall–Kier alpha value is -4.28. The first-order valence-electron chi connectivity index (χ1n) is 11.0. The molecule has 0 unspecified atom stereocenters. The van der Waals surface area contributed by atoms with Gasteiger partial charge in [-0.25, -0.2) is 18.0 Å². The molecule has 3 aromatic rings. The van der Waals surface area contributed by atoms with Crippen LogP contribution < -0.4 is 17.0 Å². The van der Waals surface area contributed by atoms with E-state index in [1.807, 2.05) is 6.92 Å². The molecule has 0 spiro atoms. The summed E-state index contributed by atoms with van der Waals surface area (Å²) in [7, 11) is -4.70. The second-order valence-electron chi connectivity index (χ2n) is 8.39. The average molecular weight is 522 g/mol. The predicted molar refractivity (Wildman–Crippen MR) is 141 cm³/mol. The smallest absolute Gasteiger partial charge is 0.336 e. The van der Waals surface area contributed by atoms with E-state index in [1.54, 1.807) is 56.2 Å². The van der Waals surface area contributed by atoms with Crippen LogP contribution in [0.2, 0.25) is 0 Å². The second-order valence-corrected chi connectivity index (χ2v) is 10.1. The van der Waals surface area contributed by atoms with Gasteiger partial charge < -0.3 is 16.3 Å². The van der Waals surface area contributed by atoms with E-state index in [0.717, 1.165) is 11.9 Å². The Morgan fingerprint density at radius 1 is 1.05 bits per heavy atom. The number of aliphatic carboxylic acids is 1. The van der Waals surface area contributed by atoms with Gasteiger partial charge in [0.2, 0.25) is 5.54 Å². The molecule has 11 heteroatoms. The number of nitrogens with two attached hydrogens (primary N) is 2. The van der Waals surface area contributed by atoms with Crippen molar-refractivity contribution in [3.8, 4) is 0 Å². The zero-order valence-electron chi connectivity index (χ0n) is 20.5. The Morgan fingerprint density at radius 2 is 1.68 bits per heavy atom. The van der Waals surface area contributed by atoms with E-state index in [1.165, 1.54) is 30.3 Å². The lowest BCUT2D eigenvalue weighted by Gasteiger charge is -2.38. The van der Waals surface area contributed by atoms with Crippen molar-refractivity contribution in [3.63, 3.8) is 0 Å². The molecule has 192 valence electrons. The summed E-state index contributed by atoms with van der Waals surface area (Å²) >= 11 is 0. The monoisotopic (exact) mass is 521 g/mol. The number of carboxylic acid groups (broad SMARTS) is 1. The maximum atomic E-state index is 14.1. The van der Waals surface area contributed by atoms with Crippen molar-refractivity contribution in [2.24, 2.45) is 16.8 Å². The molecule has 0 aliphatic carbocycles. The third kappa shape index (κ3) is 4.89. The van der Waals surface area contributed by atoms with Crippen LogP contribution in [0.3, 0.4) is 0 Å². The van der Waals surface area contributed by atoms with Crippen LogP contribution >= 0.6 is 0 Å². The third-order valence-electron chi connectivity index (χ3n) is 5.87. The number of benzene rings is 3. The normalized spacial score (nSPS) is 13.2. The zero-order chi connectivity index (χ0) is 27.4. The number of sulfonamides is 1. The number of hydrogen-bond acceptors (Lipinski definition) is 7. The number of hydrogen-bond donors (Lipinski definition) is 4. The largest absolute Gasteiger partial charge is 0.479 e. The Morgan fingerprint density at radius 3 is 2.22 bits per heavy atom. The van der Waals surface area contributed by atoms with Gasteiger partial charge in [0.15, 0.2) is 0 Å². The number of nitrogens with zero attached hydrogens (tertiary/aromatic N) is 2. The fraction of sp³-hybridized carbons (Fsp3) is 0.154. The molecule has 0 saturated carbocycles. The molecule has 3 rings (SSSR count). The lowest BCUT2D eigenvalue weighted by atomic mass is 9.80. The van der Waals surface area contributed by atoms with E-state index in [9.17, 15) is 23.1 Å². The van der Waals surface area contributed by atoms with Crippen LogP contribution in [0.5, 0.6) is 0 Å². The lowest BCUT2D eigenvalue weighted by Crippen LogP contribution is -2.59. The van der Waals surface area contributed by atoms with Gasteiger partial charge in [0.25, 0.3) is 10.0 Å². The second kappa shape index (κ2) is 10.8. The van der Waals surface area contributed by atoms with Crippen molar-refractivity contribution in [2.75, 3.05) is 5.32 Å². The number of hydrazine groups is 1. The number of carbonyl (C=O) groups is 1. The molecule has 6 N–H and O–H groups in total. The van der Waals surface area contributed by atoms with Gasteiger partial charge in [0.1, 0.15) is 12.3 Å². The van der Waals surface area contributed by atoms with Gasteiger partial charge in [0.05, 0.1) is 10.5 Å². The molecule has 0 heterocycles. The van der Waals surface area contributed by atoms with Crippen LogP contribution in [0.1, 0.15) is 27.8 Å². The highest BCUT2D eigenvalue weighted by Gasteiger charge is 2.55. The first-order chi connectivity index (χ1) is 17.5. The molecule has 0 aliphatic heterocycles. The fourth-order valence-corrected chi connectivity index (χ4v) is 6.21. The van der Waals surface area contributed by atoms with Crippen molar-refractivity contribution in [3.05, 3.63) is 94.5 Å². The van der Waals surface area contributed by atoms with Crippen molar-refractivity contribution < 1.29 is 23.1 Å². The summed E-state index contributed by atoms with van der Waals surface area (Å²) in [5.74, 6) is 11.5. The SMILES string of the molecule is Cc1cc(C)c(S(=O)(=O)N(N)[C@](C(=O)O)(C(=C=O)c2ccccc2)c2cccc(NC=NN)c2)c(C)c1. The molecule has 0 aliphatic rings. The predicted octanol–water partition coefficient (Wildman–Crippen LogP) is 2.69. The number of carboxylic acids is 1. The summed E-state index contributed by atoms with van der Waals surface area (Å²) in [5.41, 5.74) is -1.31. The van der Waals surface area contributed by atoms with Crippen LogP contribution in [0.4, 0.5) is 5.69 Å². The molecular weight excluding hydrogens is 494 g/mol. The summed E-state index contributed by atoms with van der Waals surface area (Å²) in [5, 5.41) is 16.8. The molecule has 1 atom stereocenters. The molecule has 0 saturated heterocycles. The van der Waals surface area contributed by atoms with E-state index >= 15 is 0 Å². The minimum atomic E-state index is -4.70. The van der Waals surface area contributed by atoms with Crippen LogP contribution in [0.25, 0.3) is 5.57 Å². The van der Waals surface area contributed by atoms with Gasteiger partial charge in [-0.2, -0.15) is 5.10 Å². The molecule has 0 radical (unpaired) electrons. The minimum absolute atomic E-state index is 0.119. The molecule has 10 nitrogen and oxygen atoms in total. The van der Waals surface area contributed by atoms with Gasteiger partial charge in [-0.05, 0) is 55.2 Å². The summed E-state index contributed by atoms with van der Waals surface area (Å²) in [4.78, 5) is 25.5. The van der Waals surface area contributed by atoms with E-state index < -0.39 is 27.1 Å². The van der Waals surface area contributed by atoms with Crippen LogP contribution in [0, 0.1) is 20.8 Å². The standard InChI is InChI=1S/C26H27N5O5S/c1-17-12-18(2)24(19(3)13-17)37(35,36)31(28)26(25(33)34,23(15-32)20-8-5-4-6-9-20)21-10-7-11-22(14-21)29-16-30-27/h4-14,16H,27-28H2,1-3H3,(H,29,30)(H,33,34)/t26-/m0/s1. The van der Waals surface area contributed by atoms with Crippen molar-refractivity contribution in [2.45, 2.75) is 31.2 Å². The average Bonchev–Trinajstić information content (AvgIpc) is 2.85. The quantitative estimate of drug-likeness (QED) is 0.110. The van der Waals surface area contributed by atoms with Gasteiger partial charge >= 0.3 is 5.97 Å². The molecule has 37 heavy (non-hydrogen) atoms. The Labute approximate surface area is 214 Å². The van der Waals surface area contributed by atoms with Crippen LogP contribution in [0.15, 0.2) is 76.7 Å². The minimum Gasteiger partial charge on any atom is -0.479 e. The fourth-order valence-electron chi connectivity index (χ4n) is 4.45. The maximum Gasteiger partial charge on any atom is 0.336 e. The lowest BCUT2D eigenvalue weighted by molar-refractivity contribution is -0.145. The number of nitrogens with one attached hydrogen (secondary N) is 1. The van der Waals surface area contributed by atoms with E-state index in [-0.39, 0.29) is 20.4 Å². The summed E-state index contributed by atoms with van der Waals surface area (Å²) in [6.45, 7) is 4.99. The molecule has 0 amide bonds. The number of aryl methyl sites for hydroxylation is 3. The first kappa shape index (κ1) is 27.3.